The molecule has 0 aliphatic heterocycles. The molecule has 2 aromatic heterocycles. The summed E-state index contributed by atoms with van der Waals surface area (Å²) in [5, 5.41) is 15.1. The van der Waals surface area contributed by atoms with Gasteiger partial charge in [0.15, 0.2) is 5.96 Å². The van der Waals surface area contributed by atoms with Gasteiger partial charge in [0.05, 0.1) is 11.4 Å². The minimum atomic E-state index is 0.705. The number of nitrogens with zero attached hydrogens (tertiary/aromatic N) is 4. The van der Waals surface area contributed by atoms with Gasteiger partial charge in [0.1, 0.15) is 5.76 Å². The maximum atomic E-state index is 5.18. The number of hydrogen-bond acceptors (Lipinski definition) is 4. The molecule has 2 aromatic rings. The Hall–Kier alpha value is -2.31. The van der Waals surface area contributed by atoms with Crippen LogP contribution >= 0.6 is 0 Å². The summed E-state index contributed by atoms with van der Waals surface area (Å²) in [5.74, 6) is 1.66. The number of aryl methyl sites for hydroxylation is 4. The van der Waals surface area contributed by atoms with Gasteiger partial charge in [0, 0.05) is 44.0 Å². The molecule has 0 aliphatic rings. The SMILES string of the molecule is CN=C(NCCc1c(C)noc1C)NCc1c(C)nn(C)c1C. The number of aromatic nitrogens is 3. The van der Waals surface area contributed by atoms with Gasteiger partial charge in [0.2, 0.25) is 0 Å². The van der Waals surface area contributed by atoms with Crippen molar-refractivity contribution in [2.75, 3.05) is 13.6 Å². The molecule has 0 spiro atoms. The smallest absolute Gasteiger partial charge is 0.191 e. The third-order valence-electron chi connectivity index (χ3n) is 4.16. The van der Waals surface area contributed by atoms with Crippen molar-refractivity contribution in [1.29, 1.82) is 0 Å². The zero-order valence-corrected chi connectivity index (χ0v) is 14.8. The molecule has 0 bridgehead atoms. The van der Waals surface area contributed by atoms with Crippen molar-refractivity contribution in [2.24, 2.45) is 12.0 Å². The van der Waals surface area contributed by atoms with E-state index in [4.69, 9.17) is 4.52 Å². The van der Waals surface area contributed by atoms with Gasteiger partial charge in [-0.3, -0.25) is 9.67 Å². The largest absolute Gasteiger partial charge is 0.361 e. The van der Waals surface area contributed by atoms with E-state index in [0.29, 0.717) is 6.54 Å². The molecule has 2 N–H and O–H groups in total. The lowest BCUT2D eigenvalue weighted by Crippen LogP contribution is -2.38. The Labute approximate surface area is 137 Å². The summed E-state index contributed by atoms with van der Waals surface area (Å²) in [5.41, 5.74) is 5.53. The summed E-state index contributed by atoms with van der Waals surface area (Å²) in [6.07, 6.45) is 0.854. The maximum Gasteiger partial charge on any atom is 0.191 e. The van der Waals surface area contributed by atoms with E-state index in [0.717, 1.165) is 41.6 Å². The van der Waals surface area contributed by atoms with E-state index >= 15 is 0 Å². The molecule has 0 saturated heterocycles. The molecule has 7 nitrogen and oxygen atoms in total. The van der Waals surface area contributed by atoms with Gasteiger partial charge in [-0.05, 0) is 34.1 Å². The lowest BCUT2D eigenvalue weighted by molar-refractivity contribution is 0.392. The third kappa shape index (κ3) is 3.91. The highest BCUT2D eigenvalue weighted by Gasteiger charge is 2.11. The lowest BCUT2D eigenvalue weighted by atomic mass is 10.1. The number of hydrogen-bond donors (Lipinski definition) is 2. The summed E-state index contributed by atoms with van der Waals surface area (Å²) >= 11 is 0. The lowest BCUT2D eigenvalue weighted by Gasteiger charge is -2.12. The molecule has 0 aliphatic carbocycles. The van der Waals surface area contributed by atoms with Crippen LogP contribution in [0.3, 0.4) is 0 Å². The third-order valence-corrected chi connectivity index (χ3v) is 4.16. The summed E-state index contributed by atoms with van der Waals surface area (Å²) in [6.45, 7) is 9.48. The van der Waals surface area contributed by atoms with Gasteiger partial charge < -0.3 is 15.2 Å². The summed E-state index contributed by atoms with van der Waals surface area (Å²) in [6, 6.07) is 0. The maximum absolute atomic E-state index is 5.18. The van der Waals surface area contributed by atoms with E-state index in [-0.39, 0.29) is 0 Å². The molecular formula is C16H26N6O. The van der Waals surface area contributed by atoms with Gasteiger partial charge >= 0.3 is 0 Å². The second-order valence-corrected chi connectivity index (χ2v) is 5.68. The molecule has 0 unspecified atom stereocenters. The van der Waals surface area contributed by atoms with E-state index in [9.17, 15) is 0 Å². The van der Waals surface area contributed by atoms with Crippen LogP contribution in [-0.2, 0) is 20.0 Å². The van der Waals surface area contributed by atoms with Crippen molar-refractivity contribution < 1.29 is 4.52 Å². The number of aliphatic imine (C=N–C) groups is 1. The minimum absolute atomic E-state index is 0.705. The van der Waals surface area contributed by atoms with Crippen LogP contribution in [0.5, 0.6) is 0 Å². The molecule has 0 fully saturated rings. The highest BCUT2D eigenvalue weighted by molar-refractivity contribution is 5.79. The predicted octanol–water partition coefficient (Wildman–Crippen LogP) is 1.55. The van der Waals surface area contributed by atoms with Crippen LogP contribution in [0.25, 0.3) is 0 Å². The first-order valence-corrected chi connectivity index (χ1v) is 7.79. The fourth-order valence-corrected chi connectivity index (χ4v) is 2.63. The normalized spacial score (nSPS) is 11.8. The predicted molar refractivity (Wildman–Crippen MR) is 90.6 cm³/mol. The molecule has 0 saturated carbocycles. The summed E-state index contributed by atoms with van der Waals surface area (Å²) in [7, 11) is 3.73. The first-order valence-electron chi connectivity index (χ1n) is 7.79. The first kappa shape index (κ1) is 17.1. The Morgan fingerprint density at radius 1 is 1.13 bits per heavy atom. The molecule has 2 rings (SSSR count). The van der Waals surface area contributed by atoms with Crippen LogP contribution in [0.2, 0.25) is 0 Å². The van der Waals surface area contributed by atoms with Crippen LogP contribution in [0.15, 0.2) is 9.52 Å². The van der Waals surface area contributed by atoms with E-state index in [1.54, 1.807) is 7.05 Å². The fraction of sp³-hybridized carbons (Fsp3) is 0.562. The zero-order chi connectivity index (χ0) is 17.0. The molecule has 0 aromatic carbocycles. The van der Waals surface area contributed by atoms with Gasteiger partial charge in [-0.1, -0.05) is 5.16 Å². The average Bonchev–Trinajstić information content (AvgIpc) is 2.96. The van der Waals surface area contributed by atoms with Crippen molar-refractivity contribution in [2.45, 2.75) is 40.7 Å². The second-order valence-electron chi connectivity index (χ2n) is 5.68. The highest BCUT2D eigenvalue weighted by Crippen LogP contribution is 2.12. The van der Waals surface area contributed by atoms with E-state index in [2.05, 4.69) is 32.8 Å². The molecule has 23 heavy (non-hydrogen) atoms. The molecule has 0 radical (unpaired) electrons. The molecular weight excluding hydrogens is 292 g/mol. The number of guanidine groups is 1. The fourth-order valence-electron chi connectivity index (χ4n) is 2.63. The zero-order valence-electron chi connectivity index (χ0n) is 14.8. The first-order chi connectivity index (χ1) is 10.9. The number of rotatable bonds is 5. The van der Waals surface area contributed by atoms with Crippen molar-refractivity contribution >= 4 is 5.96 Å². The molecule has 0 amide bonds. The standard InChI is InChI=1S/C16H26N6O/c1-10-15(12(3)22(6)20-10)9-19-16(17-5)18-8-7-14-11(2)21-23-13(14)4/h7-9H2,1-6H3,(H2,17,18,19). The summed E-state index contributed by atoms with van der Waals surface area (Å²) < 4.78 is 7.08. The quantitative estimate of drug-likeness (QED) is 0.646. The average molecular weight is 318 g/mol. The monoisotopic (exact) mass is 318 g/mol. The van der Waals surface area contributed by atoms with Gasteiger partial charge in [0.25, 0.3) is 0 Å². The van der Waals surface area contributed by atoms with Gasteiger partial charge in [-0.2, -0.15) is 5.10 Å². The van der Waals surface area contributed by atoms with Crippen LogP contribution in [-0.4, -0.2) is 34.5 Å². The molecule has 126 valence electrons. The Kier molecular flexibility index (Phi) is 5.41. The summed E-state index contributed by atoms with van der Waals surface area (Å²) in [4.78, 5) is 4.26. The van der Waals surface area contributed by atoms with E-state index < -0.39 is 0 Å². The van der Waals surface area contributed by atoms with Crippen LogP contribution in [0.4, 0.5) is 0 Å². The van der Waals surface area contributed by atoms with E-state index in [1.807, 2.05) is 32.5 Å². The Bertz CT molecular complexity index is 678. The highest BCUT2D eigenvalue weighted by atomic mass is 16.5. The number of nitrogens with one attached hydrogen (secondary N) is 2. The minimum Gasteiger partial charge on any atom is -0.361 e. The van der Waals surface area contributed by atoms with Crippen molar-refractivity contribution in [3.05, 3.63) is 34.0 Å². The van der Waals surface area contributed by atoms with Crippen molar-refractivity contribution in [1.82, 2.24) is 25.6 Å². The van der Waals surface area contributed by atoms with E-state index in [1.165, 1.54) is 11.3 Å². The molecule has 2 heterocycles. The molecule has 7 heteroatoms. The van der Waals surface area contributed by atoms with Crippen LogP contribution in [0.1, 0.15) is 34.0 Å². The van der Waals surface area contributed by atoms with Crippen molar-refractivity contribution in [3.63, 3.8) is 0 Å². The Balaban J connectivity index is 1.87. The second kappa shape index (κ2) is 7.30. The Morgan fingerprint density at radius 2 is 1.87 bits per heavy atom. The van der Waals surface area contributed by atoms with Crippen LogP contribution in [0, 0.1) is 27.7 Å². The van der Waals surface area contributed by atoms with Gasteiger partial charge in [-0.15, -0.1) is 0 Å². The van der Waals surface area contributed by atoms with Gasteiger partial charge in [-0.25, -0.2) is 0 Å². The topological polar surface area (TPSA) is 80.3 Å². The van der Waals surface area contributed by atoms with Crippen molar-refractivity contribution in [3.8, 4) is 0 Å². The molecule has 0 atom stereocenters. The Morgan fingerprint density at radius 3 is 2.39 bits per heavy atom. The van der Waals surface area contributed by atoms with Crippen LogP contribution < -0.4 is 10.6 Å².